The molecule has 1 unspecified atom stereocenters. The van der Waals surface area contributed by atoms with Crippen molar-refractivity contribution in [3.63, 3.8) is 0 Å². The molecule has 1 amide bonds. The third-order valence-corrected chi connectivity index (χ3v) is 3.26. The number of carbonyl (C=O) groups is 1. The van der Waals surface area contributed by atoms with Gasteiger partial charge in [-0.2, -0.15) is 0 Å². The molecular weight excluding hydrogens is 236 g/mol. The smallest absolute Gasteiger partial charge is 0.224 e. The Labute approximate surface area is 116 Å². The first kappa shape index (κ1) is 15.7. The zero-order valence-electron chi connectivity index (χ0n) is 12.3. The Hall–Kier alpha value is -1.35. The molecule has 1 rings (SSSR count). The number of aryl methyl sites for hydroxylation is 1. The average molecular weight is 262 g/mol. The molecule has 0 aromatic heterocycles. The molecule has 0 spiro atoms. The van der Waals surface area contributed by atoms with Crippen LogP contribution in [0, 0.1) is 11.8 Å². The third kappa shape index (κ3) is 5.88. The Bertz CT molecular complexity index is 384. The topological polar surface area (TPSA) is 55.1 Å². The van der Waals surface area contributed by atoms with Crippen LogP contribution in [0.5, 0.6) is 0 Å². The molecule has 0 aliphatic carbocycles. The Morgan fingerprint density at radius 2 is 1.89 bits per heavy atom. The second-order valence-electron chi connectivity index (χ2n) is 5.53. The lowest BCUT2D eigenvalue weighted by molar-refractivity contribution is -0.117. The second-order valence-corrected chi connectivity index (χ2v) is 5.53. The van der Waals surface area contributed by atoms with E-state index in [-0.39, 0.29) is 11.8 Å². The van der Waals surface area contributed by atoms with Crippen molar-refractivity contribution in [3.8, 4) is 0 Å². The molecule has 1 atom stereocenters. The quantitative estimate of drug-likeness (QED) is 0.793. The molecule has 19 heavy (non-hydrogen) atoms. The lowest BCUT2D eigenvalue weighted by Gasteiger charge is -2.16. The van der Waals surface area contributed by atoms with Crippen molar-refractivity contribution in [2.45, 2.75) is 40.0 Å². The van der Waals surface area contributed by atoms with Crippen molar-refractivity contribution in [1.82, 2.24) is 0 Å². The van der Waals surface area contributed by atoms with Gasteiger partial charge in [0.25, 0.3) is 0 Å². The predicted molar refractivity (Wildman–Crippen MR) is 81.1 cm³/mol. The highest BCUT2D eigenvalue weighted by Gasteiger charge is 2.14. The van der Waals surface area contributed by atoms with Gasteiger partial charge in [0.2, 0.25) is 5.91 Å². The summed E-state index contributed by atoms with van der Waals surface area (Å²) in [5.41, 5.74) is 7.86. The number of hydrogen-bond acceptors (Lipinski definition) is 2. The van der Waals surface area contributed by atoms with E-state index in [0.717, 1.165) is 18.5 Å². The number of amides is 1. The molecule has 0 fully saturated rings. The molecule has 106 valence electrons. The standard InChI is InChI=1S/C16H26N2O/c1-4-13-5-7-15(8-6-13)18-16(19)10-14(11-17)9-12(2)3/h5-8,12,14H,4,9-11,17H2,1-3H3,(H,18,19). The molecule has 0 saturated carbocycles. The number of benzene rings is 1. The fourth-order valence-electron chi connectivity index (χ4n) is 2.23. The van der Waals surface area contributed by atoms with Crippen LogP contribution >= 0.6 is 0 Å². The zero-order chi connectivity index (χ0) is 14.3. The highest BCUT2D eigenvalue weighted by molar-refractivity contribution is 5.90. The number of rotatable bonds is 7. The molecule has 3 nitrogen and oxygen atoms in total. The molecule has 1 aromatic carbocycles. The van der Waals surface area contributed by atoms with Crippen molar-refractivity contribution in [2.75, 3.05) is 11.9 Å². The molecule has 0 saturated heterocycles. The van der Waals surface area contributed by atoms with Gasteiger partial charge in [-0.1, -0.05) is 32.9 Å². The molecule has 0 radical (unpaired) electrons. The van der Waals surface area contributed by atoms with Gasteiger partial charge in [0, 0.05) is 12.1 Å². The number of carbonyl (C=O) groups excluding carboxylic acids is 1. The highest BCUT2D eigenvalue weighted by Crippen LogP contribution is 2.16. The minimum atomic E-state index is 0.0559. The van der Waals surface area contributed by atoms with Crippen LogP contribution in [0.25, 0.3) is 0 Å². The summed E-state index contributed by atoms with van der Waals surface area (Å²) in [6.45, 7) is 7.00. The third-order valence-electron chi connectivity index (χ3n) is 3.26. The van der Waals surface area contributed by atoms with Crippen molar-refractivity contribution >= 4 is 11.6 Å². The Balaban J connectivity index is 2.49. The van der Waals surface area contributed by atoms with Crippen LogP contribution in [0.2, 0.25) is 0 Å². The minimum Gasteiger partial charge on any atom is -0.330 e. The van der Waals surface area contributed by atoms with Gasteiger partial charge in [-0.15, -0.1) is 0 Å². The maximum absolute atomic E-state index is 12.0. The van der Waals surface area contributed by atoms with E-state index in [2.05, 4.69) is 26.1 Å². The van der Waals surface area contributed by atoms with E-state index in [9.17, 15) is 4.79 Å². The fourth-order valence-corrected chi connectivity index (χ4v) is 2.23. The largest absolute Gasteiger partial charge is 0.330 e. The van der Waals surface area contributed by atoms with Crippen LogP contribution in [-0.4, -0.2) is 12.5 Å². The van der Waals surface area contributed by atoms with Gasteiger partial charge in [-0.05, 0) is 48.9 Å². The van der Waals surface area contributed by atoms with Crippen LogP contribution in [0.3, 0.4) is 0 Å². The first-order chi connectivity index (χ1) is 9.05. The maximum Gasteiger partial charge on any atom is 0.224 e. The minimum absolute atomic E-state index is 0.0559. The summed E-state index contributed by atoms with van der Waals surface area (Å²) in [6, 6.07) is 8.00. The molecule has 3 N–H and O–H groups in total. The maximum atomic E-state index is 12.0. The summed E-state index contributed by atoms with van der Waals surface area (Å²) < 4.78 is 0. The van der Waals surface area contributed by atoms with E-state index >= 15 is 0 Å². The second kappa shape index (κ2) is 7.95. The van der Waals surface area contributed by atoms with E-state index < -0.39 is 0 Å². The van der Waals surface area contributed by atoms with Crippen molar-refractivity contribution in [3.05, 3.63) is 29.8 Å². The van der Waals surface area contributed by atoms with Gasteiger partial charge in [0.15, 0.2) is 0 Å². The summed E-state index contributed by atoms with van der Waals surface area (Å²) in [5.74, 6) is 0.903. The van der Waals surface area contributed by atoms with Gasteiger partial charge in [-0.25, -0.2) is 0 Å². The van der Waals surface area contributed by atoms with Crippen LogP contribution in [0.4, 0.5) is 5.69 Å². The van der Waals surface area contributed by atoms with E-state index in [1.165, 1.54) is 5.56 Å². The normalized spacial score (nSPS) is 12.5. The predicted octanol–water partition coefficient (Wildman–Crippen LogP) is 3.20. The van der Waals surface area contributed by atoms with Crippen molar-refractivity contribution < 1.29 is 4.79 Å². The van der Waals surface area contributed by atoms with Crippen LogP contribution in [0.15, 0.2) is 24.3 Å². The number of nitrogens with two attached hydrogens (primary N) is 1. The first-order valence-corrected chi connectivity index (χ1v) is 7.14. The van der Waals surface area contributed by atoms with Crippen molar-refractivity contribution in [1.29, 1.82) is 0 Å². The number of hydrogen-bond donors (Lipinski definition) is 2. The molecule has 0 aliphatic heterocycles. The summed E-state index contributed by atoms with van der Waals surface area (Å²) in [6.07, 6.45) is 2.51. The SMILES string of the molecule is CCc1ccc(NC(=O)CC(CN)CC(C)C)cc1. The van der Waals surface area contributed by atoms with Crippen molar-refractivity contribution in [2.24, 2.45) is 17.6 Å². The highest BCUT2D eigenvalue weighted by atomic mass is 16.1. The molecule has 1 aromatic rings. The van der Waals surface area contributed by atoms with Gasteiger partial charge < -0.3 is 11.1 Å². The van der Waals surface area contributed by atoms with Gasteiger partial charge in [0.1, 0.15) is 0 Å². The molecule has 0 bridgehead atoms. The molecular formula is C16H26N2O. The average Bonchev–Trinajstić information content (AvgIpc) is 2.38. The molecule has 0 aliphatic rings. The van der Waals surface area contributed by atoms with E-state index in [4.69, 9.17) is 5.73 Å². The van der Waals surface area contributed by atoms with E-state index in [0.29, 0.717) is 18.9 Å². The van der Waals surface area contributed by atoms with Crippen LogP contribution < -0.4 is 11.1 Å². The summed E-state index contributed by atoms with van der Waals surface area (Å²) in [4.78, 5) is 12.0. The molecule has 0 heterocycles. The van der Waals surface area contributed by atoms with E-state index in [1.807, 2.05) is 24.3 Å². The summed E-state index contributed by atoms with van der Waals surface area (Å²) in [7, 11) is 0. The first-order valence-electron chi connectivity index (χ1n) is 7.14. The van der Waals surface area contributed by atoms with Crippen LogP contribution in [0.1, 0.15) is 39.2 Å². The number of anilines is 1. The lowest BCUT2D eigenvalue weighted by Crippen LogP contribution is -2.23. The number of nitrogens with one attached hydrogen (secondary N) is 1. The Morgan fingerprint density at radius 3 is 2.37 bits per heavy atom. The molecule has 3 heteroatoms. The lowest BCUT2D eigenvalue weighted by atomic mass is 9.94. The zero-order valence-corrected chi connectivity index (χ0v) is 12.3. The fraction of sp³-hybridized carbons (Fsp3) is 0.562. The summed E-state index contributed by atoms with van der Waals surface area (Å²) in [5, 5.41) is 2.94. The van der Waals surface area contributed by atoms with Gasteiger partial charge in [0.05, 0.1) is 0 Å². The summed E-state index contributed by atoms with van der Waals surface area (Å²) >= 11 is 0. The Kier molecular flexibility index (Phi) is 6.57. The van der Waals surface area contributed by atoms with E-state index in [1.54, 1.807) is 0 Å². The monoisotopic (exact) mass is 262 g/mol. The van der Waals surface area contributed by atoms with Crippen LogP contribution in [-0.2, 0) is 11.2 Å². The Morgan fingerprint density at radius 1 is 1.26 bits per heavy atom. The van der Waals surface area contributed by atoms with Gasteiger partial charge >= 0.3 is 0 Å². The van der Waals surface area contributed by atoms with Gasteiger partial charge in [-0.3, -0.25) is 4.79 Å².